The molecule has 2 atom stereocenters. The minimum atomic E-state index is 0.195. The van der Waals surface area contributed by atoms with Crippen molar-refractivity contribution >= 4 is 5.91 Å². The highest BCUT2D eigenvalue weighted by Crippen LogP contribution is 2.22. The van der Waals surface area contributed by atoms with Gasteiger partial charge in [-0.1, -0.05) is 20.8 Å². The standard InChI is InChI=1S/C14H28N2O2/c1-11(2)10-18-7-5-14(17)16-6-4-12(3)8-13(16)9-15/h11-13H,4-10,15H2,1-3H3. The molecule has 2 N–H and O–H groups in total. The van der Waals surface area contributed by atoms with E-state index < -0.39 is 0 Å². The highest BCUT2D eigenvalue weighted by molar-refractivity contribution is 5.76. The second-order valence-electron chi connectivity index (χ2n) is 5.82. The summed E-state index contributed by atoms with van der Waals surface area (Å²) in [6.45, 7) is 9.13. The van der Waals surface area contributed by atoms with Gasteiger partial charge in [0.25, 0.3) is 0 Å². The lowest BCUT2D eigenvalue weighted by molar-refractivity contribution is -0.136. The number of rotatable bonds is 6. The first-order chi connectivity index (χ1) is 8.54. The molecule has 0 aromatic heterocycles. The van der Waals surface area contributed by atoms with Crippen molar-refractivity contribution in [3.63, 3.8) is 0 Å². The monoisotopic (exact) mass is 256 g/mol. The molecule has 106 valence electrons. The van der Waals surface area contributed by atoms with Crippen LogP contribution in [-0.2, 0) is 9.53 Å². The number of nitrogens with zero attached hydrogens (tertiary/aromatic N) is 1. The normalized spacial score (nSPS) is 24.6. The molecule has 1 aliphatic heterocycles. The van der Waals surface area contributed by atoms with Crippen LogP contribution < -0.4 is 5.73 Å². The fraction of sp³-hybridized carbons (Fsp3) is 0.929. The van der Waals surface area contributed by atoms with E-state index in [9.17, 15) is 4.79 Å². The smallest absolute Gasteiger partial charge is 0.225 e. The van der Waals surface area contributed by atoms with Crippen molar-refractivity contribution in [2.24, 2.45) is 17.6 Å². The second-order valence-corrected chi connectivity index (χ2v) is 5.82. The van der Waals surface area contributed by atoms with E-state index in [1.165, 1.54) is 0 Å². The van der Waals surface area contributed by atoms with Crippen molar-refractivity contribution in [3.05, 3.63) is 0 Å². The predicted octanol–water partition coefficient (Wildman–Crippen LogP) is 1.63. The number of carbonyl (C=O) groups excluding carboxylic acids is 1. The number of nitrogens with two attached hydrogens (primary N) is 1. The summed E-state index contributed by atoms with van der Waals surface area (Å²) in [6.07, 6.45) is 2.61. The molecular formula is C14H28N2O2. The Morgan fingerprint density at radius 1 is 1.50 bits per heavy atom. The van der Waals surface area contributed by atoms with Gasteiger partial charge in [0, 0.05) is 25.7 Å². The molecule has 1 aliphatic rings. The topological polar surface area (TPSA) is 55.6 Å². The number of piperidine rings is 1. The fourth-order valence-corrected chi connectivity index (χ4v) is 2.43. The highest BCUT2D eigenvalue weighted by atomic mass is 16.5. The van der Waals surface area contributed by atoms with Crippen LogP contribution in [0.4, 0.5) is 0 Å². The number of amides is 1. The summed E-state index contributed by atoms with van der Waals surface area (Å²) in [5, 5.41) is 0. The van der Waals surface area contributed by atoms with Crippen LogP contribution in [0.2, 0.25) is 0 Å². The summed E-state index contributed by atoms with van der Waals surface area (Å²) in [6, 6.07) is 0.228. The summed E-state index contributed by atoms with van der Waals surface area (Å²) in [5.74, 6) is 1.40. The summed E-state index contributed by atoms with van der Waals surface area (Å²) >= 11 is 0. The van der Waals surface area contributed by atoms with Crippen molar-refractivity contribution in [1.29, 1.82) is 0 Å². The van der Waals surface area contributed by atoms with Gasteiger partial charge in [-0.2, -0.15) is 0 Å². The predicted molar refractivity (Wildman–Crippen MR) is 73.2 cm³/mol. The summed E-state index contributed by atoms with van der Waals surface area (Å²) < 4.78 is 5.47. The molecule has 0 aromatic carbocycles. The lowest BCUT2D eigenvalue weighted by Crippen LogP contribution is -2.49. The van der Waals surface area contributed by atoms with Gasteiger partial charge in [-0.05, 0) is 24.7 Å². The molecule has 1 fully saturated rings. The minimum absolute atomic E-state index is 0.195. The lowest BCUT2D eigenvalue weighted by Gasteiger charge is -2.38. The van der Waals surface area contributed by atoms with Gasteiger partial charge in [-0.3, -0.25) is 4.79 Å². The summed E-state index contributed by atoms with van der Waals surface area (Å²) in [4.78, 5) is 14.1. The van der Waals surface area contributed by atoms with Crippen LogP contribution in [0, 0.1) is 11.8 Å². The van der Waals surface area contributed by atoms with Crippen LogP contribution in [0.3, 0.4) is 0 Å². The maximum absolute atomic E-state index is 12.1. The Morgan fingerprint density at radius 2 is 2.22 bits per heavy atom. The maximum Gasteiger partial charge on any atom is 0.225 e. The third-order valence-corrected chi connectivity index (χ3v) is 3.48. The first-order valence-corrected chi connectivity index (χ1v) is 7.11. The van der Waals surface area contributed by atoms with E-state index in [2.05, 4.69) is 20.8 Å². The number of hydrogen-bond acceptors (Lipinski definition) is 3. The molecule has 18 heavy (non-hydrogen) atoms. The number of ether oxygens (including phenoxy) is 1. The Bertz CT molecular complexity index is 256. The molecule has 0 saturated carbocycles. The van der Waals surface area contributed by atoms with Gasteiger partial charge in [0.2, 0.25) is 5.91 Å². The fourth-order valence-electron chi connectivity index (χ4n) is 2.43. The summed E-state index contributed by atoms with van der Waals surface area (Å²) in [5.41, 5.74) is 5.76. The molecule has 1 rings (SSSR count). The SMILES string of the molecule is CC(C)COCCC(=O)N1CCC(C)CC1CN. The Morgan fingerprint density at radius 3 is 2.83 bits per heavy atom. The Balaban J connectivity index is 2.31. The van der Waals surface area contributed by atoms with Gasteiger partial charge >= 0.3 is 0 Å². The van der Waals surface area contributed by atoms with E-state index in [0.29, 0.717) is 31.4 Å². The van der Waals surface area contributed by atoms with Gasteiger partial charge in [0.05, 0.1) is 13.0 Å². The Labute approximate surface area is 111 Å². The van der Waals surface area contributed by atoms with E-state index in [1.54, 1.807) is 0 Å². The van der Waals surface area contributed by atoms with Crippen LogP contribution >= 0.6 is 0 Å². The molecule has 1 amide bonds. The van der Waals surface area contributed by atoms with Crippen LogP contribution in [0.15, 0.2) is 0 Å². The minimum Gasteiger partial charge on any atom is -0.381 e. The molecule has 4 heteroatoms. The molecule has 0 aliphatic carbocycles. The van der Waals surface area contributed by atoms with E-state index in [-0.39, 0.29) is 11.9 Å². The number of carbonyl (C=O) groups is 1. The second kappa shape index (κ2) is 7.74. The van der Waals surface area contributed by atoms with Crippen molar-refractivity contribution in [3.8, 4) is 0 Å². The average molecular weight is 256 g/mol. The van der Waals surface area contributed by atoms with E-state index in [4.69, 9.17) is 10.5 Å². The van der Waals surface area contributed by atoms with Gasteiger partial charge in [-0.15, -0.1) is 0 Å². The number of hydrogen-bond donors (Lipinski definition) is 1. The van der Waals surface area contributed by atoms with Crippen LogP contribution in [0.25, 0.3) is 0 Å². The first-order valence-electron chi connectivity index (χ1n) is 7.11. The molecule has 2 unspecified atom stereocenters. The summed E-state index contributed by atoms with van der Waals surface area (Å²) in [7, 11) is 0. The van der Waals surface area contributed by atoms with Crippen molar-refractivity contribution < 1.29 is 9.53 Å². The maximum atomic E-state index is 12.1. The molecule has 4 nitrogen and oxygen atoms in total. The van der Waals surface area contributed by atoms with Crippen LogP contribution in [0.5, 0.6) is 0 Å². The number of likely N-dealkylation sites (tertiary alicyclic amines) is 1. The van der Waals surface area contributed by atoms with Crippen LogP contribution in [-0.4, -0.2) is 43.2 Å². The van der Waals surface area contributed by atoms with Gasteiger partial charge in [-0.25, -0.2) is 0 Å². The molecule has 0 radical (unpaired) electrons. The zero-order valence-corrected chi connectivity index (χ0v) is 12.0. The van der Waals surface area contributed by atoms with Crippen molar-refractivity contribution in [2.75, 3.05) is 26.3 Å². The van der Waals surface area contributed by atoms with E-state index in [1.807, 2.05) is 4.90 Å². The third kappa shape index (κ3) is 4.94. The molecular weight excluding hydrogens is 228 g/mol. The van der Waals surface area contributed by atoms with Crippen molar-refractivity contribution in [2.45, 2.75) is 46.1 Å². The molecule has 0 spiro atoms. The molecule has 1 heterocycles. The molecule has 0 bridgehead atoms. The quantitative estimate of drug-likeness (QED) is 0.735. The van der Waals surface area contributed by atoms with Gasteiger partial charge in [0.1, 0.15) is 0 Å². The van der Waals surface area contributed by atoms with Crippen LogP contribution in [0.1, 0.15) is 40.0 Å². The first kappa shape index (κ1) is 15.4. The van der Waals surface area contributed by atoms with Gasteiger partial charge < -0.3 is 15.4 Å². The highest BCUT2D eigenvalue weighted by Gasteiger charge is 2.28. The average Bonchev–Trinajstić information content (AvgIpc) is 2.33. The molecule has 1 saturated heterocycles. The molecule has 0 aromatic rings. The Hall–Kier alpha value is -0.610. The lowest BCUT2D eigenvalue weighted by atomic mass is 9.92. The zero-order chi connectivity index (χ0) is 13.5. The van der Waals surface area contributed by atoms with E-state index in [0.717, 1.165) is 26.0 Å². The largest absolute Gasteiger partial charge is 0.381 e. The third-order valence-electron chi connectivity index (χ3n) is 3.48. The zero-order valence-electron chi connectivity index (χ0n) is 12.0. The Kier molecular flexibility index (Phi) is 6.65. The van der Waals surface area contributed by atoms with Crippen molar-refractivity contribution in [1.82, 2.24) is 4.90 Å². The van der Waals surface area contributed by atoms with Gasteiger partial charge in [0.15, 0.2) is 0 Å². The van der Waals surface area contributed by atoms with E-state index >= 15 is 0 Å².